The second kappa shape index (κ2) is 5.24. The van der Waals surface area contributed by atoms with Gasteiger partial charge < -0.3 is 11.1 Å². The molecular weight excluding hydrogens is 236 g/mol. The van der Waals surface area contributed by atoms with E-state index in [0.717, 1.165) is 11.3 Å². The fraction of sp³-hybridized carbons (Fsp3) is 0.562. The lowest BCUT2D eigenvalue weighted by molar-refractivity contribution is -0.123. The van der Waals surface area contributed by atoms with E-state index in [1.165, 1.54) is 12.8 Å². The third kappa shape index (κ3) is 3.72. The summed E-state index contributed by atoms with van der Waals surface area (Å²) in [4.78, 5) is 12.1. The number of benzene rings is 1. The first-order chi connectivity index (χ1) is 8.88. The van der Waals surface area contributed by atoms with E-state index in [2.05, 4.69) is 26.1 Å². The van der Waals surface area contributed by atoms with Gasteiger partial charge in [0.25, 0.3) is 0 Å². The molecule has 0 bridgehead atoms. The largest absolute Gasteiger partial charge is 0.399 e. The van der Waals surface area contributed by atoms with Crippen molar-refractivity contribution in [2.75, 3.05) is 5.73 Å². The topological polar surface area (TPSA) is 55.1 Å². The number of carbonyl (C=O) groups is 1. The number of amides is 1. The highest BCUT2D eigenvalue weighted by Crippen LogP contribution is 2.39. The molecule has 1 aliphatic carbocycles. The summed E-state index contributed by atoms with van der Waals surface area (Å²) in [5, 5.41) is 3.17. The highest BCUT2D eigenvalue weighted by Gasteiger charge is 2.38. The first kappa shape index (κ1) is 13.9. The number of rotatable bonds is 5. The molecule has 1 aromatic carbocycles. The van der Waals surface area contributed by atoms with Crippen molar-refractivity contribution < 1.29 is 4.79 Å². The molecule has 1 aromatic rings. The molecule has 19 heavy (non-hydrogen) atoms. The molecule has 1 fully saturated rings. The lowest BCUT2D eigenvalue weighted by Crippen LogP contribution is -2.45. The van der Waals surface area contributed by atoms with Crippen LogP contribution >= 0.6 is 0 Å². The number of nitrogens with one attached hydrogen (secondary N) is 1. The summed E-state index contributed by atoms with van der Waals surface area (Å²) < 4.78 is 0. The van der Waals surface area contributed by atoms with Gasteiger partial charge in [0.2, 0.25) is 5.91 Å². The zero-order valence-electron chi connectivity index (χ0n) is 12.1. The Kier molecular flexibility index (Phi) is 3.83. The first-order valence-electron chi connectivity index (χ1n) is 7.05. The lowest BCUT2D eigenvalue weighted by atomic mass is 9.95. The molecule has 0 heterocycles. The zero-order chi connectivity index (χ0) is 14.0. The molecule has 3 nitrogen and oxygen atoms in total. The molecule has 0 saturated heterocycles. The summed E-state index contributed by atoms with van der Waals surface area (Å²) in [5.41, 5.74) is 7.53. The van der Waals surface area contributed by atoms with Crippen LogP contribution in [0.15, 0.2) is 24.3 Å². The molecule has 0 aromatic heterocycles. The standard InChI is InChI=1S/C16H24N2O/c1-11(12-4-8-14(17)9-5-12)10-15(19)18-16(2,3)13-6-7-13/h4-5,8-9,11,13H,6-7,10,17H2,1-3H3,(H,18,19). The Labute approximate surface area is 115 Å². The maximum atomic E-state index is 12.1. The molecule has 1 aliphatic rings. The molecular formula is C16H24N2O. The van der Waals surface area contributed by atoms with Gasteiger partial charge in [-0.1, -0.05) is 19.1 Å². The number of nitrogen functional groups attached to an aromatic ring is 1. The Hall–Kier alpha value is -1.51. The Morgan fingerprint density at radius 3 is 2.47 bits per heavy atom. The van der Waals surface area contributed by atoms with E-state index in [9.17, 15) is 4.79 Å². The van der Waals surface area contributed by atoms with Gasteiger partial charge in [-0.2, -0.15) is 0 Å². The van der Waals surface area contributed by atoms with E-state index in [1.54, 1.807) is 0 Å². The number of nitrogens with two attached hydrogens (primary N) is 1. The summed E-state index contributed by atoms with van der Waals surface area (Å²) >= 11 is 0. The van der Waals surface area contributed by atoms with E-state index in [-0.39, 0.29) is 17.4 Å². The first-order valence-corrected chi connectivity index (χ1v) is 7.05. The van der Waals surface area contributed by atoms with Crippen molar-refractivity contribution in [2.24, 2.45) is 5.92 Å². The van der Waals surface area contributed by atoms with Crippen molar-refractivity contribution in [3.63, 3.8) is 0 Å². The van der Waals surface area contributed by atoms with Crippen LogP contribution in [0, 0.1) is 5.92 Å². The van der Waals surface area contributed by atoms with Crippen LogP contribution in [0.3, 0.4) is 0 Å². The average Bonchev–Trinajstić information content (AvgIpc) is 3.12. The minimum absolute atomic E-state index is 0.0576. The fourth-order valence-corrected chi connectivity index (χ4v) is 2.54. The number of carbonyl (C=O) groups excluding carboxylic acids is 1. The van der Waals surface area contributed by atoms with Gasteiger partial charge in [0, 0.05) is 17.6 Å². The molecule has 1 saturated carbocycles. The van der Waals surface area contributed by atoms with E-state index >= 15 is 0 Å². The van der Waals surface area contributed by atoms with Gasteiger partial charge in [-0.3, -0.25) is 4.79 Å². The van der Waals surface area contributed by atoms with E-state index < -0.39 is 0 Å². The van der Waals surface area contributed by atoms with Crippen LogP contribution in [0.5, 0.6) is 0 Å². The van der Waals surface area contributed by atoms with Crippen LogP contribution in [0.1, 0.15) is 51.5 Å². The summed E-state index contributed by atoms with van der Waals surface area (Å²) in [7, 11) is 0. The van der Waals surface area contributed by atoms with Crippen LogP contribution in [-0.4, -0.2) is 11.4 Å². The van der Waals surface area contributed by atoms with E-state index in [1.807, 2.05) is 24.3 Å². The molecule has 3 N–H and O–H groups in total. The van der Waals surface area contributed by atoms with E-state index in [4.69, 9.17) is 5.73 Å². The highest BCUT2D eigenvalue weighted by atomic mass is 16.1. The molecule has 2 rings (SSSR count). The van der Waals surface area contributed by atoms with Gasteiger partial charge >= 0.3 is 0 Å². The third-order valence-electron chi connectivity index (χ3n) is 4.06. The normalized spacial score (nSPS) is 17.0. The minimum Gasteiger partial charge on any atom is -0.399 e. The number of hydrogen-bond donors (Lipinski definition) is 2. The van der Waals surface area contributed by atoms with Crippen LogP contribution in [0.4, 0.5) is 5.69 Å². The molecule has 0 aliphatic heterocycles. The molecule has 1 unspecified atom stereocenters. The predicted octanol–water partition coefficient (Wildman–Crippen LogP) is 3.07. The molecule has 0 spiro atoms. The molecule has 3 heteroatoms. The van der Waals surface area contributed by atoms with Crippen molar-refractivity contribution in [3.05, 3.63) is 29.8 Å². The number of hydrogen-bond acceptors (Lipinski definition) is 2. The van der Waals surface area contributed by atoms with Crippen LogP contribution in [-0.2, 0) is 4.79 Å². The monoisotopic (exact) mass is 260 g/mol. The summed E-state index contributed by atoms with van der Waals surface area (Å²) in [6.07, 6.45) is 3.00. The van der Waals surface area contributed by atoms with Gasteiger partial charge in [-0.05, 0) is 56.2 Å². The second-order valence-corrected chi connectivity index (χ2v) is 6.32. The van der Waals surface area contributed by atoms with Gasteiger partial charge in [0.15, 0.2) is 0 Å². The van der Waals surface area contributed by atoms with Crippen LogP contribution in [0.2, 0.25) is 0 Å². The average molecular weight is 260 g/mol. The summed E-state index contributed by atoms with van der Waals surface area (Å²) in [5.74, 6) is 1.01. The summed E-state index contributed by atoms with van der Waals surface area (Å²) in [6, 6.07) is 7.77. The molecule has 1 amide bonds. The quantitative estimate of drug-likeness (QED) is 0.799. The van der Waals surface area contributed by atoms with Gasteiger partial charge in [-0.15, -0.1) is 0 Å². The van der Waals surface area contributed by atoms with Crippen molar-refractivity contribution in [3.8, 4) is 0 Å². The third-order valence-corrected chi connectivity index (χ3v) is 4.06. The zero-order valence-corrected chi connectivity index (χ0v) is 12.1. The Balaban J connectivity index is 1.89. The van der Waals surface area contributed by atoms with Crippen LogP contribution < -0.4 is 11.1 Å². The Morgan fingerprint density at radius 1 is 1.37 bits per heavy atom. The fourth-order valence-electron chi connectivity index (χ4n) is 2.54. The van der Waals surface area contributed by atoms with Gasteiger partial charge in [0.1, 0.15) is 0 Å². The Bertz CT molecular complexity index is 446. The van der Waals surface area contributed by atoms with Gasteiger partial charge in [0.05, 0.1) is 0 Å². The number of anilines is 1. The smallest absolute Gasteiger partial charge is 0.221 e. The predicted molar refractivity (Wildman–Crippen MR) is 78.8 cm³/mol. The van der Waals surface area contributed by atoms with Crippen molar-refractivity contribution in [2.45, 2.75) is 51.5 Å². The van der Waals surface area contributed by atoms with Crippen molar-refractivity contribution in [1.29, 1.82) is 0 Å². The molecule has 0 radical (unpaired) electrons. The second-order valence-electron chi connectivity index (χ2n) is 6.32. The maximum absolute atomic E-state index is 12.1. The van der Waals surface area contributed by atoms with Crippen molar-refractivity contribution in [1.82, 2.24) is 5.32 Å². The highest BCUT2D eigenvalue weighted by molar-refractivity contribution is 5.77. The SMILES string of the molecule is CC(CC(=O)NC(C)(C)C1CC1)c1ccc(N)cc1. The van der Waals surface area contributed by atoms with Gasteiger partial charge in [-0.25, -0.2) is 0 Å². The van der Waals surface area contributed by atoms with E-state index in [0.29, 0.717) is 12.3 Å². The Morgan fingerprint density at radius 2 is 1.95 bits per heavy atom. The lowest BCUT2D eigenvalue weighted by Gasteiger charge is -2.27. The summed E-state index contributed by atoms with van der Waals surface area (Å²) in [6.45, 7) is 6.32. The van der Waals surface area contributed by atoms with Crippen molar-refractivity contribution >= 4 is 11.6 Å². The molecule has 1 atom stereocenters. The van der Waals surface area contributed by atoms with Crippen LogP contribution in [0.25, 0.3) is 0 Å². The minimum atomic E-state index is -0.0576. The molecule has 104 valence electrons. The maximum Gasteiger partial charge on any atom is 0.221 e.